The molecule has 0 aromatic carbocycles. The number of carbonyl (C=O) groups is 1. The summed E-state index contributed by atoms with van der Waals surface area (Å²) >= 11 is 0. The van der Waals surface area contributed by atoms with Gasteiger partial charge in [-0.3, -0.25) is 4.79 Å². The third kappa shape index (κ3) is 31.6. The van der Waals surface area contributed by atoms with Crippen LogP contribution in [0.4, 0.5) is 0 Å². The number of nitrogens with one attached hydrogen (secondary N) is 1. The topological polar surface area (TPSA) is 82.0 Å². The number of carbonyl (C=O) groups excluding carboxylic acids is 1. The largest absolute Gasteiger partial charge is 0.394 e. The molecule has 0 heterocycles. The van der Waals surface area contributed by atoms with E-state index in [-0.39, 0.29) is 12.5 Å². The van der Waals surface area contributed by atoms with Gasteiger partial charge in [-0.05, 0) is 64.3 Å². The molecular formula is C35H68N2O4. The molecule has 0 fully saturated rings. The van der Waals surface area contributed by atoms with Crippen molar-refractivity contribution in [3.8, 4) is 0 Å². The number of rotatable bonds is 32. The van der Waals surface area contributed by atoms with Gasteiger partial charge >= 0.3 is 0 Å². The molecule has 0 spiro atoms. The molecule has 1 unspecified atom stereocenters. The number of unbranched alkanes of at least 4 members (excludes halogenated alkanes) is 13. The van der Waals surface area contributed by atoms with Crippen LogP contribution < -0.4 is 5.32 Å². The van der Waals surface area contributed by atoms with Crippen molar-refractivity contribution in [2.24, 2.45) is 0 Å². The number of nitrogens with zero attached hydrogens (tertiary/aromatic N) is 1. The quantitative estimate of drug-likeness (QED) is 0.0560. The molecule has 0 bridgehead atoms. The number of aliphatic hydroxyl groups excluding tert-OH is 2. The number of hydrogen-bond acceptors (Lipinski definition) is 5. The normalized spacial score (nSPS) is 12.7. The first-order valence-corrected chi connectivity index (χ1v) is 17.3. The highest BCUT2D eigenvalue weighted by atomic mass is 16.5. The summed E-state index contributed by atoms with van der Waals surface area (Å²) in [5.41, 5.74) is 0. The Labute approximate surface area is 254 Å². The highest BCUT2D eigenvalue weighted by molar-refractivity contribution is 5.75. The fourth-order valence-electron chi connectivity index (χ4n) is 4.84. The molecule has 6 heteroatoms. The summed E-state index contributed by atoms with van der Waals surface area (Å²) in [5.74, 6) is 0.140. The SMILES string of the molecule is CCCCC/C=C\C/C=C\CCCCCCCC(=O)NCCCN(CCCOCCCCCCCC)CC(O)CO. The average Bonchev–Trinajstić information content (AvgIpc) is 2.97. The van der Waals surface area contributed by atoms with Crippen LogP contribution in [0.25, 0.3) is 0 Å². The second-order valence-electron chi connectivity index (χ2n) is 11.6. The molecule has 0 radical (unpaired) electrons. The van der Waals surface area contributed by atoms with Gasteiger partial charge in [0.05, 0.1) is 12.7 Å². The van der Waals surface area contributed by atoms with E-state index >= 15 is 0 Å². The van der Waals surface area contributed by atoms with Gasteiger partial charge < -0.3 is 25.2 Å². The zero-order valence-corrected chi connectivity index (χ0v) is 27.1. The van der Waals surface area contributed by atoms with Crippen LogP contribution in [-0.4, -0.2) is 73.1 Å². The summed E-state index contributed by atoms with van der Waals surface area (Å²) in [7, 11) is 0. The van der Waals surface area contributed by atoms with Crippen LogP contribution in [0, 0.1) is 0 Å². The van der Waals surface area contributed by atoms with Crippen LogP contribution in [0.2, 0.25) is 0 Å². The molecule has 242 valence electrons. The second-order valence-corrected chi connectivity index (χ2v) is 11.6. The van der Waals surface area contributed by atoms with Crippen LogP contribution >= 0.6 is 0 Å². The molecule has 41 heavy (non-hydrogen) atoms. The minimum absolute atomic E-state index is 0.140. The monoisotopic (exact) mass is 581 g/mol. The van der Waals surface area contributed by atoms with Crippen molar-refractivity contribution >= 4 is 5.91 Å². The molecule has 0 rings (SSSR count). The molecule has 0 saturated heterocycles. The van der Waals surface area contributed by atoms with E-state index in [2.05, 4.69) is 48.4 Å². The van der Waals surface area contributed by atoms with Crippen LogP contribution in [-0.2, 0) is 9.53 Å². The van der Waals surface area contributed by atoms with Crippen molar-refractivity contribution in [3.05, 3.63) is 24.3 Å². The highest BCUT2D eigenvalue weighted by Gasteiger charge is 2.11. The summed E-state index contributed by atoms with van der Waals surface area (Å²) in [4.78, 5) is 14.4. The molecule has 0 aliphatic carbocycles. The van der Waals surface area contributed by atoms with E-state index in [1.807, 2.05) is 0 Å². The van der Waals surface area contributed by atoms with E-state index in [0.717, 1.165) is 71.2 Å². The minimum atomic E-state index is -0.730. The molecule has 1 amide bonds. The van der Waals surface area contributed by atoms with E-state index in [0.29, 0.717) is 19.5 Å². The number of allylic oxidation sites excluding steroid dienone is 4. The predicted octanol–water partition coefficient (Wildman–Crippen LogP) is 7.73. The van der Waals surface area contributed by atoms with E-state index in [4.69, 9.17) is 4.74 Å². The van der Waals surface area contributed by atoms with Gasteiger partial charge in [0.2, 0.25) is 5.91 Å². The van der Waals surface area contributed by atoms with Crippen molar-refractivity contribution in [1.82, 2.24) is 10.2 Å². The maximum Gasteiger partial charge on any atom is 0.219 e. The van der Waals surface area contributed by atoms with Gasteiger partial charge in [-0.25, -0.2) is 0 Å². The molecule has 3 N–H and O–H groups in total. The Kier molecular flexibility index (Phi) is 32.3. The van der Waals surface area contributed by atoms with Gasteiger partial charge in [0, 0.05) is 39.3 Å². The summed E-state index contributed by atoms with van der Waals surface area (Å²) in [6, 6.07) is 0. The van der Waals surface area contributed by atoms with E-state index < -0.39 is 6.10 Å². The maximum absolute atomic E-state index is 12.2. The van der Waals surface area contributed by atoms with Crippen molar-refractivity contribution in [2.75, 3.05) is 46.0 Å². The van der Waals surface area contributed by atoms with Gasteiger partial charge in [-0.1, -0.05) is 102 Å². The summed E-state index contributed by atoms with van der Waals surface area (Å²) in [6.07, 6.45) is 31.5. The summed E-state index contributed by atoms with van der Waals surface area (Å²) in [5, 5.41) is 22.2. The first-order valence-electron chi connectivity index (χ1n) is 17.3. The minimum Gasteiger partial charge on any atom is -0.394 e. The fraction of sp³-hybridized carbons (Fsp3) is 0.857. The lowest BCUT2D eigenvalue weighted by Gasteiger charge is -2.24. The van der Waals surface area contributed by atoms with Gasteiger partial charge in [0.25, 0.3) is 0 Å². The van der Waals surface area contributed by atoms with Crippen molar-refractivity contribution < 1.29 is 19.7 Å². The first kappa shape index (κ1) is 39.8. The molecule has 0 aliphatic heterocycles. The first-order chi connectivity index (χ1) is 20.1. The Bertz CT molecular complexity index is 597. The number of aliphatic hydroxyl groups is 2. The molecule has 0 aromatic heterocycles. The lowest BCUT2D eigenvalue weighted by Crippen LogP contribution is -2.37. The Balaban J connectivity index is 3.73. The van der Waals surface area contributed by atoms with Gasteiger partial charge in [0.1, 0.15) is 0 Å². The zero-order valence-electron chi connectivity index (χ0n) is 27.1. The van der Waals surface area contributed by atoms with E-state index in [1.165, 1.54) is 77.0 Å². The maximum atomic E-state index is 12.2. The van der Waals surface area contributed by atoms with Crippen LogP contribution in [0.5, 0.6) is 0 Å². The molecule has 0 aromatic rings. The molecule has 0 aliphatic rings. The molecular weight excluding hydrogens is 512 g/mol. The number of hydrogen-bond donors (Lipinski definition) is 3. The highest BCUT2D eigenvalue weighted by Crippen LogP contribution is 2.09. The fourth-order valence-corrected chi connectivity index (χ4v) is 4.84. The second kappa shape index (κ2) is 33.3. The van der Waals surface area contributed by atoms with Gasteiger partial charge in [-0.2, -0.15) is 0 Å². The number of ether oxygens (including phenoxy) is 1. The average molecular weight is 581 g/mol. The van der Waals surface area contributed by atoms with Gasteiger partial charge in [0.15, 0.2) is 0 Å². The summed E-state index contributed by atoms with van der Waals surface area (Å²) < 4.78 is 5.78. The van der Waals surface area contributed by atoms with Crippen molar-refractivity contribution in [1.29, 1.82) is 0 Å². The van der Waals surface area contributed by atoms with Gasteiger partial charge in [-0.15, -0.1) is 0 Å². The predicted molar refractivity (Wildman–Crippen MR) is 175 cm³/mol. The van der Waals surface area contributed by atoms with Crippen LogP contribution in [0.3, 0.4) is 0 Å². The standard InChI is InChI=1S/C35H68N2O4/c1-3-5-7-9-11-12-13-14-15-16-17-18-19-20-22-26-35(40)36-27-24-28-37(32-34(39)33-38)29-25-31-41-30-23-21-10-8-6-4-2/h11-12,14-15,34,38-39H,3-10,13,16-33H2,1-2H3,(H,36,40)/b12-11-,15-14-. The van der Waals surface area contributed by atoms with E-state index in [9.17, 15) is 15.0 Å². The zero-order chi connectivity index (χ0) is 30.1. The van der Waals surface area contributed by atoms with Crippen molar-refractivity contribution in [3.63, 3.8) is 0 Å². The Hall–Kier alpha value is -1.21. The summed E-state index contributed by atoms with van der Waals surface area (Å²) in [6.45, 7) is 8.53. The Morgan fingerprint density at radius 1 is 0.732 bits per heavy atom. The lowest BCUT2D eigenvalue weighted by atomic mass is 10.1. The number of amides is 1. The van der Waals surface area contributed by atoms with Crippen LogP contribution in [0.1, 0.15) is 142 Å². The third-order valence-corrected chi connectivity index (χ3v) is 7.41. The van der Waals surface area contributed by atoms with E-state index in [1.54, 1.807) is 0 Å². The third-order valence-electron chi connectivity index (χ3n) is 7.41. The lowest BCUT2D eigenvalue weighted by molar-refractivity contribution is -0.121. The van der Waals surface area contributed by atoms with Crippen molar-refractivity contribution in [2.45, 2.75) is 148 Å². The Morgan fingerprint density at radius 2 is 1.29 bits per heavy atom. The molecule has 0 saturated carbocycles. The molecule has 6 nitrogen and oxygen atoms in total. The molecule has 1 atom stereocenters. The van der Waals surface area contributed by atoms with Crippen LogP contribution in [0.15, 0.2) is 24.3 Å². The smallest absolute Gasteiger partial charge is 0.219 e. The Morgan fingerprint density at radius 3 is 2.00 bits per heavy atom.